The highest BCUT2D eigenvalue weighted by Gasteiger charge is 2.34. The first-order valence-electron chi connectivity index (χ1n) is 11.8. The number of carbonyl (C=O) groups excluding carboxylic acids is 3. The molecule has 176 valence electrons. The van der Waals surface area contributed by atoms with Crippen LogP contribution in [0.15, 0.2) is 30.3 Å². The van der Waals surface area contributed by atoms with Crippen molar-refractivity contribution in [2.24, 2.45) is 0 Å². The zero-order valence-corrected chi connectivity index (χ0v) is 19.1. The second kappa shape index (κ2) is 13.7. The van der Waals surface area contributed by atoms with Crippen LogP contribution in [0.25, 0.3) is 0 Å². The topological polar surface area (TPSA) is 104 Å². The van der Waals surface area contributed by atoms with E-state index in [1.54, 1.807) is 0 Å². The molecule has 2 rings (SSSR count). The molecule has 0 saturated carbocycles. The number of carbonyl (C=O) groups is 4. The number of hydrogen-bond acceptors (Lipinski definition) is 4. The first-order valence-corrected chi connectivity index (χ1v) is 11.8. The zero-order chi connectivity index (χ0) is 23.3. The average Bonchev–Trinajstić information content (AvgIpc) is 3.28. The minimum Gasteiger partial charge on any atom is -0.480 e. The van der Waals surface area contributed by atoms with Crippen molar-refractivity contribution < 1.29 is 24.3 Å². The molecule has 0 aliphatic carbocycles. The molecule has 0 aromatic heterocycles. The van der Waals surface area contributed by atoms with Gasteiger partial charge < -0.3 is 15.3 Å². The summed E-state index contributed by atoms with van der Waals surface area (Å²) in [5, 5.41) is 12.1. The van der Waals surface area contributed by atoms with Gasteiger partial charge in [-0.1, -0.05) is 62.9 Å². The number of likely N-dealkylation sites (tertiary alicyclic amines) is 1. The molecule has 1 unspecified atom stereocenters. The second-order valence-corrected chi connectivity index (χ2v) is 8.52. The molecule has 1 saturated heterocycles. The van der Waals surface area contributed by atoms with Crippen LogP contribution in [0.3, 0.4) is 0 Å². The Morgan fingerprint density at radius 3 is 2.44 bits per heavy atom. The molecular formula is C25H36N2O5. The summed E-state index contributed by atoms with van der Waals surface area (Å²) in [6, 6.07) is 7.98. The van der Waals surface area contributed by atoms with Gasteiger partial charge in [0.2, 0.25) is 11.8 Å². The standard InChI is InChI=1S/C25H36N2O5/c1-2-3-4-5-9-14-23(29)26-20(18-19-11-7-6-8-12-19)22(28)15-16-24(30)27-17-10-13-21(27)25(31)32/h6-8,11-12,20-21H,2-5,9-10,13-18H2,1H3,(H,26,29)(H,31,32)/t20?,21-/m0/s1. The molecule has 1 aromatic rings. The van der Waals surface area contributed by atoms with Gasteiger partial charge in [-0.05, 0) is 31.2 Å². The minimum atomic E-state index is -1.00. The predicted octanol–water partition coefficient (Wildman–Crippen LogP) is 3.50. The van der Waals surface area contributed by atoms with Crippen LogP contribution in [-0.2, 0) is 25.6 Å². The molecular weight excluding hydrogens is 408 g/mol. The smallest absolute Gasteiger partial charge is 0.326 e. The summed E-state index contributed by atoms with van der Waals surface area (Å²) in [5.41, 5.74) is 0.936. The number of carboxylic acids is 1. The van der Waals surface area contributed by atoms with Gasteiger partial charge in [-0.3, -0.25) is 14.4 Å². The highest BCUT2D eigenvalue weighted by Crippen LogP contribution is 2.19. The third kappa shape index (κ3) is 8.44. The summed E-state index contributed by atoms with van der Waals surface area (Å²) < 4.78 is 0. The quantitative estimate of drug-likeness (QED) is 0.428. The third-order valence-corrected chi connectivity index (χ3v) is 5.96. The minimum absolute atomic E-state index is 0.0179. The lowest BCUT2D eigenvalue weighted by Crippen LogP contribution is -2.43. The third-order valence-electron chi connectivity index (χ3n) is 5.96. The van der Waals surface area contributed by atoms with Crippen LogP contribution < -0.4 is 5.32 Å². The summed E-state index contributed by atoms with van der Waals surface area (Å²) in [6.07, 6.45) is 6.99. The van der Waals surface area contributed by atoms with Gasteiger partial charge >= 0.3 is 5.97 Å². The first kappa shape index (κ1) is 25.6. The highest BCUT2D eigenvalue weighted by molar-refractivity contribution is 5.92. The van der Waals surface area contributed by atoms with Gasteiger partial charge in [-0.2, -0.15) is 0 Å². The van der Waals surface area contributed by atoms with E-state index in [9.17, 15) is 24.3 Å². The number of benzene rings is 1. The van der Waals surface area contributed by atoms with Crippen molar-refractivity contribution in [3.63, 3.8) is 0 Å². The van der Waals surface area contributed by atoms with E-state index in [1.807, 2.05) is 30.3 Å². The van der Waals surface area contributed by atoms with E-state index in [4.69, 9.17) is 0 Å². The Morgan fingerprint density at radius 1 is 1.03 bits per heavy atom. The molecule has 7 nitrogen and oxygen atoms in total. The van der Waals surface area contributed by atoms with Gasteiger partial charge in [0.15, 0.2) is 5.78 Å². The number of rotatable bonds is 14. The fourth-order valence-electron chi connectivity index (χ4n) is 4.12. The van der Waals surface area contributed by atoms with Gasteiger partial charge in [-0.15, -0.1) is 0 Å². The number of ketones is 1. The lowest BCUT2D eigenvalue weighted by Gasteiger charge is -2.22. The summed E-state index contributed by atoms with van der Waals surface area (Å²) in [5.74, 6) is -1.67. The van der Waals surface area contributed by atoms with Crippen LogP contribution >= 0.6 is 0 Å². The molecule has 0 bridgehead atoms. The van der Waals surface area contributed by atoms with Gasteiger partial charge in [0.1, 0.15) is 6.04 Å². The molecule has 1 heterocycles. The number of nitrogens with one attached hydrogen (secondary N) is 1. The van der Waals surface area contributed by atoms with Crippen LogP contribution in [-0.4, -0.2) is 52.2 Å². The number of carboxylic acid groups (broad SMARTS) is 1. The lowest BCUT2D eigenvalue weighted by molar-refractivity contribution is -0.148. The number of hydrogen-bond donors (Lipinski definition) is 2. The van der Waals surface area contributed by atoms with Crippen LogP contribution in [0.1, 0.15) is 76.7 Å². The van der Waals surface area contributed by atoms with E-state index in [-0.39, 0.29) is 30.4 Å². The molecule has 7 heteroatoms. The Bertz CT molecular complexity index is 765. The SMILES string of the molecule is CCCCCCCC(=O)NC(Cc1ccccc1)C(=O)CCC(=O)N1CCC[C@H]1C(=O)O. The van der Waals surface area contributed by atoms with E-state index in [0.29, 0.717) is 32.2 Å². The number of aliphatic carboxylic acids is 1. The molecule has 0 spiro atoms. The molecule has 1 aliphatic rings. The summed E-state index contributed by atoms with van der Waals surface area (Å²) >= 11 is 0. The van der Waals surface area contributed by atoms with Crippen molar-refractivity contribution in [3.8, 4) is 0 Å². The maximum atomic E-state index is 12.9. The maximum Gasteiger partial charge on any atom is 0.326 e. The molecule has 2 atom stereocenters. The monoisotopic (exact) mass is 444 g/mol. The van der Waals surface area contributed by atoms with Crippen molar-refractivity contribution in [3.05, 3.63) is 35.9 Å². The number of amides is 2. The largest absolute Gasteiger partial charge is 0.480 e. The zero-order valence-electron chi connectivity index (χ0n) is 19.1. The van der Waals surface area contributed by atoms with Crippen LogP contribution in [0.4, 0.5) is 0 Å². The summed E-state index contributed by atoms with van der Waals surface area (Å²) in [7, 11) is 0. The number of Topliss-reactive ketones (excluding diaryl/α,β-unsaturated/α-hetero) is 1. The lowest BCUT2D eigenvalue weighted by atomic mass is 9.99. The first-order chi connectivity index (χ1) is 15.4. The fraction of sp³-hybridized carbons (Fsp3) is 0.600. The van der Waals surface area contributed by atoms with Crippen LogP contribution in [0, 0.1) is 0 Å². The Morgan fingerprint density at radius 2 is 1.75 bits per heavy atom. The Hall–Kier alpha value is -2.70. The van der Waals surface area contributed by atoms with Gasteiger partial charge in [0.25, 0.3) is 0 Å². The normalized spacial score (nSPS) is 16.5. The number of nitrogens with zero attached hydrogens (tertiary/aromatic N) is 1. The van der Waals surface area contributed by atoms with Gasteiger partial charge in [0.05, 0.1) is 6.04 Å². The Balaban J connectivity index is 1.92. The van der Waals surface area contributed by atoms with Crippen molar-refractivity contribution in [2.75, 3.05) is 6.54 Å². The highest BCUT2D eigenvalue weighted by atomic mass is 16.4. The summed E-state index contributed by atoms with van der Waals surface area (Å²) in [4.78, 5) is 50.6. The van der Waals surface area contributed by atoms with Crippen molar-refractivity contribution in [2.45, 2.75) is 89.6 Å². The molecule has 2 amide bonds. The summed E-state index contributed by atoms with van der Waals surface area (Å²) in [6.45, 7) is 2.55. The van der Waals surface area contributed by atoms with E-state index < -0.39 is 18.1 Å². The number of unbranched alkanes of at least 4 members (excludes halogenated alkanes) is 4. The molecule has 1 aliphatic heterocycles. The molecule has 1 aromatic carbocycles. The van der Waals surface area contributed by atoms with Crippen LogP contribution in [0.2, 0.25) is 0 Å². The Kier molecular flexibility index (Phi) is 10.9. The van der Waals surface area contributed by atoms with Crippen LogP contribution in [0.5, 0.6) is 0 Å². The fourth-order valence-corrected chi connectivity index (χ4v) is 4.12. The maximum absolute atomic E-state index is 12.9. The molecule has 1 fully saturated rings. The van der Waals surface area contributed by atoms with Crippen molar-refractivity contribution in [1.29, 1.82) is 0 Å². The van der Waals surface area contributed by atoms with E-state index in [1.165, 1.54) is 4.90 Å². The van der Waals surface area contributed by atoms with Gasteiger partial charge in [0, 0.05) is 25.8 Å². The Labute approximate surface area is 190 Å². The molecule has 32 heavy (non-hydrogen) atoms. The molecule has 2 N–H and O–H groups in total. The van der Waals surface area contributed by atoms with Crippen molar-refractivity contribution >= 4 is 23.6 Å². The van der Waals surface area contributed by atoms with E-state index in [0.717, 1.165) is 37.7 Å². The average molecular weight is 445 g/mol. The van der Waals surface area contributed by atoms with Gasteiger partial charge in [-0.25, -0.2) is 4.79 Å². The molecule has 0 radical (unpaired) electrons. The van der Waals surface area contributed by atoms with Crippen molar-refractivity contribution in [1.82, 2.24) is 10.2 Å². The second-order valence-electron chi connectivity index (χ2n) is 8.52. The van der Waals surface area contributed by atoms with E-state index in [2.05, 4.69) is 12.2 Å². The predicted molar refractivity (Wildman–Crippen MR) is 122 cm³/mol. The van der Waals surface area contributed by atoms with E-state index >= 15 is 0 Å².